The number of aryl methyl sites for hydroxylation is 1. The Balaban J connectivity index is 1.04. The number of aromatic nitrogens is 2. The first-order chi connectivity index (χ1) is 19.6. The molecule has 7 rings (SSSR count). The summed E-state index contributed by atoms with van der Waals surface area (Å²) in [4.78, 5) is 19.3. The van der Waals surface area contributed by atoms with E-state index in [4.69, 9.17) is 19.0 Å². The number of methoxy groups -OCH3 is 1. The van der Waals surface area contributed by atoms with Crippen molar-refractivity contribution in [3.63, 3.8) is 0 Å². The largest absolute Gasteiger partial charge is 0.465 e. The number of benzene rings is 2. The van der Waals surface area contributed by atoms with Crippen LogP contribution in [-0.4, -0.2) is 41.4 Å². The highest BCUT2D eigenvalue weighted by Gasteiger charge is 2.43. The Morgan fingerprint density at radius 2 is 1.80 bits per heavy atom. The van der Waals surface area contributed by atoms with Gasteiger partial charge >= 0.3 is 5.97 Å². The van der Waals surface area contributed by atoms with Crippen LogP contribution in [-0.2, 0) is 16.1 Å². The highest BCUT2D eigenvalue weighted by Crippen LogP contribution is 2.46. The summed E-state index contributed by atoms with van der Waals surface area (Å²) in [5.74, 6) is 1.18. The molecule has 2 aromatic carbocycles. The summed E-state index contributed by atoms with van der Waals surface area (Å²) in [6.45, 7) is 2.67. The summed E-state index contributed by atoms with van der Waals surface area (Å²) in [5.41, 5.74) is 6.90. The van der Waals surface area contributed by atoms with Crippen molar-refractivity contribution in [2.24, 2.45) is 0 Å². The van der Waals surface area contributed by atoms with E-state index in [1.807, 2.05) is 12.1 Å². The molecule has 0 N–H and O–H groups in total. The van der Waals surface area contributed by atoms with E-state index in [1.54, 1.807) is 23.5 Å². The normalized spacial score (nSPS) is 22.1. The van der Waals surface area contributed by atoms with Crippen LogP contribution in [0.25, 0.3) is 22.5 Å². The summed E-state index contributed by atoms with van der Waals surface area (Å²) in [5, 5.41) is 7.71. The van der Waals surface area contributed by atoms with Gasteiger partial charge in [-0.1, -0.05) is 41.6 Å². The third kappa shape index (κ3) is 4.73. The number of nitrogens with zero attached hydrogens (tertiary/aromatic N) is 3. The van der Waals surface area contributed by atoms with Crippen LogP contribution in [0, 0.1) is 6.92 Å². The molecule has 0 radical (unpaired) electrons. The Morgan fingerprint density at radius 1 is 1.05 bits per heavy atom. The Morgan fingerprint density at radius 3 is 2.50 bits per heavy atom. The summed E-state index contributed by atoms with van der Waals surface area (Å²) >= 11 is 1.70. The topological polar surface area (TPSA) is 77.7 Å². The average molecular weight is 556 g/mol. The second-order valence-corrected chi connectivity index (χ2v) is 12.1. The number of rotatable bonds is 8. The van der Waals surface area contributed by atoms with Gasteiger partial charge in [0.1, 0.15) is 11.5 Å². The zero-order valence-electron chi connectivity index (χ0n) is 22.8. The maximum absolute atomic E-state index is 11.8. The van der Waals surface area contributed by atoms with E-state index in [9.17, 15) is 4.79 Å². The molecule has 1 saturated carbocycles. The molecular weight excluding hydrogens is 522 g/mol. The molecule has 0 amide bonds. The lowest BCUT2D eigenvalue weighted by Crippen LogP contribution is -2.45. The fourth-order valence-electron chi connectivity index (χ4n) is 6.37. The third-order valence-corrected chi connectivity index (χ3v) is 9.49. The second-order valence-electron chi connectivity index (χ2n) is 11.2. The summed E-state index contributed by atoms with van der Waals surface area (Å²) in [7, 11) is 1.40. The van der Waals surface area contributed by atoms with Crippen molar-refractivity contribution in [1.29, 1.82) is 0 Å². The first-order valence-electron chi connectivity index (χ1n) is 14.2. The van der Waals surface area contributed by atoms with Crippen molar-refractivity contribution in [2.75, 3.05) is 12.0 Å². The molecule has 3 fully saturated rings. The summed E-state index contributed by atoms with van der Waals surface area (Å²) < 4.78 is 17.4. The Kier molecular flexibility index (Phi) is 6.68. The lowest BCUT2D eigenvalue weighted by Gasteiger charge is -2.38. The van der Waals surface area contributed by atoms with Crippen LogP contribution in [0.3, 0.4) is 0 Å². The van der Waals surface area contributed by atoms with Crippen molar-refractivity contribution < 1.29 is 18.8 Å². The zero-order chi connectivity index (χ0) is 27.2. The molecule has 4 heterocycles. The minimum absolute atomic E-state index is 0.214. The molecule has 1 aliphatic carbocycles. The molecule has 2 bridgehead atoms. The highest BCUT2D eigenvalue weighted by atomic mass is 32.1. The van der Waals surface area contributed by atoms with Crippen molar-refractivity contribution in [3.8, 4) is 22.5 Å². The molecule has 2 aromatic heterocycles. The Bertz CT molecular complexity index is 1510. The molecule has 0 spiro atoms. The van der Waals surface area contributed by atoms with Gasteiger partial charge in [-0.25, -0.2) is 9.78 Å². The van der Waals surface area contributed by atoms with Gasteiger partial charge in [0.25, 0.3) is 0 Å². The quantitative estimate of drug-likeness (QED) is 0.214. The van der Waals surface area contributed by atoms with Crippen LogP contribution in [0.5, 0.6) is 0 Å². The smallest absolute Gasteiger partial charge is 0.337 e. The molecule has 7 nitrogen and oxygen atoms in total. The third-order valence-electron chi connectivity index (χ3n) is 8.63. The summed E-state index contributed by atoms with van der Waals surface area (Å²) in [6.07, 6.45) is 6.90. The number of carbonyl (C=O) groups excluding carboxylic acids is 1. The Labute approximate surface area is 238 Å². The molecule has 3 atom stereocenters. The predicted molar refractivity (Wildman–Crippen MR) is 155 cm³/mol. The maximum atomic E-state index is 11.8. The van der Waals surface area contributed by atoms with Crippen LogP contribution in [0.1, 0.15) is 71.7 Å². The summed E-state index contributed by atoms with van der Waals surface area (Å²) in [6, 6.07) is 16.7. The number of ether oxygens (including phenoxy) is 2. The fraction of sp³-hybridized carbons (Fsp3) is 0.406. The van der Waals surface area contributed by atoms with Gasteiger partial charge < -0.3 is 18.9 Å². The van der Waals surface area contributed by atoms with Gasteiger partial charge in [-0.05, 0) is 63.1 Å². The number of hydrogen-bond donors (Lipinski definition) is 0. The van der Waals surface area contributed by atoms with E-state index >= 15 is 0 Å². The molecule has 2 saturated heterocycles. The minimum atomic E-state index is -0.327. The zero-order valence-corrected chi connectivity index (χ0v) is 23.7. The number of hydrogen-bond acceptors (Lipinski definition) is 8. The van der Waals surface area contributed by atoms with E-state index in [0.29, 0.717) is 30.2 Å². The van der Waals surface area contributed by atoms with E-state index in [0.717, 1.165) is 51.8 Å². The van der Waals surface area contributed by atoms with Crippen molar-refractivity contribution in [3.05, 3.63) is 76.4 Å². The van der Waals surface area contributed by atoms with E-state index in [1.165, 1.54) is 38.4 Å². The van der Waals surface area contributed by atoms with E-state index in [-0.39, 0.29) is 12.1 Å². The lowest BCUT2D eigenvalue weighted by molar-refractivity contribution is 0.0147. The number of piperidine rings is 1. The fourth-order valence-corrected chi connectivity index (χ4v) is 7.34. The SMILES string of the molecule is COC(=O)c1ccc(-c2csc(N3[C@@H]4CC[C@H]3C[C@@H](OCc3c(-c5ccccc5C)noc3C3CC3)C4)n2)cc1. The molecule has 40 heavy (non-hydrogen) atoms. The van der Waals surface area contributed by atoms with Gasteiger partial charge in [0.05, 0.1) is 31.1 Å². The van der Waals surface area contributed by atoms with Gasteiger partial charge in [-0.15, -0.1) is 11.3 Å². The van der Waals surface area contributed by atoms with Gasteiger partial charge in [0.15, 0.2) is 5.13 Å². The standard InChI is InChI=1S/C32H33N3O4S/c1-19-5-3-4-6-26(19)29-27(30(39-34-29)21-9-10-21)17-38-25-15-23-13-14-24(16-25)35(23)32-33-28(18-40-32)20-7-11-22(12-8-20)31(36)37-2/h3-8,11-12,18,21,23-25H,9-10,13-17H2,1-2H3/t23-,24+,25+. The molecule has 2 aliphatic heterocycles. The van der Waals surface area contributed by atoms with Gasteiger partial charge in [0.2, 0.25) is 0 Å². The van der Waals surface area contributed by atoms with Gasteiger partial charge in [-0.2, -0.15) is 0 Å². The van der Waals surface area contributed by atoms with Crippen LogP contribution in [0.4, 0.5) is 5.13 Å². The van der Waals surface area contributed by atoms with Crippen LogP contribution < -0.4 is 4.90 Å². The maximum Gasteiger partial charge on any atom is 0.337 e. The number of fused-ring (bicyclic) bond motifs is 2. The molecule has 4 aromatic rings. The molecule has 206 valence electrons. The lowest BCUT2D eigenvalue weighted by atomic mass is 9.99. The molecule has 0 unspecified atom stereocenters. The van der Waals surface area contributed by atoms with Crippen molar-refractivity contribution >= 4 is 22.4 Å². The highest BCUT2D eigenvalue weighted by molar-refractivity contribution is 7.14. The van der Waals surface area contributed by atoms with Gasteiger partial charge in [0, 0.05) is 40.1 Å². The average Bonchev–Trinajstić information content (AvgIpc) is 3.45. The second kappa shape index (κ2) is 10.5. The molecular formula is C32H33N3O4S. The minimum Gasteiger partial charge on any atom is -0.465 e. The van der Waals surface area contributed by atoms with E-state index < -0.39 is 0 Å². The van der Waals surface area contributed by atoms with Crippen molar-refractivity contribution in [2.45, 2.75) is 76.2 Å². The molecule has 3 aliphatic rings. The monoisotopic (exact) mass is 555 g/mol. The van der Waals surface area contributed by atoms with Crippen LogP contribution in [0.2, 0.25) is 0 Å². The number of esters is 1. The number of thiazole rings is 1. The predicted octanol–water partition coefficient (Wildman–Crippen LogP) is 7.15. The van der Waals surface area contributed by atoms with E-state index in [2.05, 4.69) is 46.6 Å². The Hall–Kier alpha value is -3.49. The van der Waals surface area contributed by atoms with Crippen molar-refractivity contribution in [1.82, 2.24) is 10.1 Å². The van der Waals surface area contributed by atoms with Gasteiger partial charge in [-0.3, -0.25) is 0 Å². The van der Waals surface area contributed by atoms with Crippen LogP contribution >= 0.6 is 11.3 Å². The number of carbonyl (C=O) groups is 1. The first kappa shape index (κ1) is 25.5. The number of anilines is 1. The van der Waals surface area contributed by atoms with Crippen LogP contribution in [0.15, 0.2) is 58.4 Å². The molecule has 8 heteroatoms. The first-order valence-corrected chi connectivity index (χ1v) is 15.1.